The molecule has 1 aliphatic rings. The number of hydrogen-bond acceptors (Lipinski definition) is 4. The molecular formula is C18H29NO3. The summed E-state index contributed by atoms with van der Waals surface area (Å²) in [6, 6.07) is 6.22. The van der Waals surface area contributed by atoms with E-state index in [4.69, 9.17) is 9.47 Å². The van der Waals surface area contributed by atoms with Crippen LogP contribution in [0.15, 0.2) is 18.2 Å². The van der Waals surface area contributed by atoms with Crippen molar-refractivity contribution in [2.24, 2.45) is 5.92 Å². The van der Waals surface area contributed by atoms with E-state index in [2.05, 4.69) is 17.0 Å². The third-order valence-corrected chi connectivity index (χ3v) is 4.33. The molecule has 4 heteroatoms. The van der Waals surface area contributed by atoms with Gasteiger partial charge in [0.1, 0.15) is 0 Å². The lowest BCUT2D eigenvalue weighted by atomic mass is 9.92. The average Bonchev–Trinajstić information content (AvgIpc) is 2.51. The fraction of sp³-hybridized carbons (Fsp3) is 0.667. The number of likely N-dealkylation sites (tertiary alicyclic amines) is 1. The number of aliphatic hydroxyl groups is 1. The molecule has 1 fully saturated rings. The number of piperidine rings is 1. The third-order valence-electron chi connectivity index (χ3n) is 4.33. The Morgan fingerprint density at radius 3 is 2.36 bits per heavy atom. The number of rotatable bonds is 7. The maximum atomic E-state index is 9.68. The zero-order chi connectivity index (χ0) is 15.9. The van der Waals surface area contributed by atoms with Gasteiger partial charge in [-0.3, -0.25) is 4.90 Å². The largest absolute Gasteiger partial charge is 0.490 e. The first kappa shape index (κ1) is 17.1. The van der Waals surface area contributed by atoms with Crippen LogP contribution in [-0.4, -0.2) is 42.4 Å². The first-order chi connectivity index (χ1) is 10.6. The summed E-state index contributed by atoms with van der Waals surface area (Å²) in [5, 5.41) is 9.68. The molecule has 1 aliphatic heterocycles. The van der Waals surface area contributed by atoms with Crippen molar-refractivity contribution in [3.05, 3.63) is 23.8 Å². The summed E-state index contributed by atoms with van der Waals surface area (Å²) in [7, 11) is 0. The van der Waals surface area contributed by atoms with E-state index in [-0.39, 0.29) is 6.10 Å². The molecule has 1 unspecified atom stereocenters. The van der Waals surface area contributed by atoms with E-state index in [1.54, 1.807) is 0 Å². The summed E-state index contributed by atoms with van der Waals surface area (Å²) >= 11 is 0. The fourth-order valence-electron chi connectivity index (χ4n) is 3.05. The quantitative estimate of drug-likeness (QED) is 0.840. The fourth-order valence-corrected chi connectivity index (χ4v) is 3.05. The molecule has 2 rings (SSSR count). The molecule has 1 saturated heterocycles. The minimum atomic E-state index is -0.183. The molecular weight excluding hydrogens is 278 g/mol. The second-order valence-electron chi connectivity index (χ2n) is 6.00. The summed E-state index contributed by atoms with van der Waals surface area (Å²) < 4.78 is 11.3. The molecule has 0 bridgehead atoms. The Bertz CT molecular complexity index is 454. The molecule has 124 valence electrons. The van der Waals surface area contributed by atoms with E-state index in [0.717, 1.165) is 44.0 Å². The predicted octanol–water partition coefficient (Wildman–Crippen LogP) is 3.08. The van der Waals surface area contributed by atoms with E-state index in [0.29, 0.717) is 19.1 Å². The standard InChI is InChI=1S/C18H29NO3/c1-4-21-17-7-6-15(12-18(17)22-5-2)13-19-10-8-16(9-11-19)14(3)20/h6-7,12,14,16,20H,4-5,8-11,13H2,1-3H3. The van der Waals surface area contributed by atoms with E-state index < -0.39 is 0 Å². The van der Waals surface area contributed by atoms with Crippen LogP contribution in [0.3, 0.4) is 0 Å². The summed E-state index contributed by atoms with van der Waals surface area (Å²) in [4.78, 5) is 2.45. The smallest absolute Gasteiger partial charge is 0.161 e. The molecule has 1 N–H and O–H groups in total. The van der Waals surface area contributed by atoms with Crippen LogP contribution in [0.4, 0.5) is 0 Å². The van der Waals surface area contributed by atoms with Gasteiger partial charge in [0, 0.05) is 6.54 Å². The van der Waals surface area contributed by atoms with Gasteiger partial charge in [0.05, 0.1) is 19.3 Å². The van der Waals surface area contributed by atoms with E-state index in [1.807, 2.05) is 26.8 Å². The molecule has 0 saturated carbocycles. The number of hydrogen-bond donors (Lipinski definition) is 1. The van der Waals surface area contributed by atoms with Gasteiger partial charge in [-0.1, -0.05) is 6.07 Å². The third kappa shape index (κ3) is 4.62. The zero-order valence-corrected chi connectivity index (χ0v) is 14.0. The summed E-state index contributed by atoms with van der Waals surface area (Å²) in [5.74, 6) is 2.11. The van der Waals surface area contributed by atoms with Crippen LogP contribution >= 0.6 is 0 Å². The van der Waals surface area contributed by atoms with E-state index in [9.17, 15) is 5.11 Å². The number of aliphatic hydroxyl groups excluding tert-OH is 1. The van der Waals surface area contributed by atoms with Gasteiger partial charge < -0.3 is 14.6 Å². The molecule has 0 aromatic heterocycles. The number of ether oxygens (including phenoxy) is 2. The highest BCUT2D eigenvalue weighted by Crippen LogP contribution is 2.30. The van der Waals surface area contributed by atoms with Crippen molar-refractivity contribution in [3.63, 3.8) is 0 Å². The van der Waals surface area contributed by atoms with E-state index >= 15 is 0 Å². The van der Waals surface area contributed by atoms with Gasteiger partial charge in [-0.05, 0) is 70.3 Å². The average molecular weight is 307 g/mol. The van der Waals surface area contributed by atoms with Crippen molar-refractivity contribution in [1.82, 2.24) is 4.90 Å². The first-order valence-electron chi connectivity index (χ1n) is 8.43. The normalized spacial score (nSPS) is 18.2. The molecule has 1 aromatic carbocycles. The van der Waals surface area contributed by atoms with Crippen molar-refractivity contribution in [1.29, 1.82) is 0 Å². The molecule has 22 heavy (non-hydrogen) atoms. The molecule has 1 heterocycles. The Morgan fingerprint density at radius 2 is 1.77 bits per heavy atom. The second kappa shape index (κ2) is 8.39. The van der Waals surface area contributed by atoms with Crippen LogP contribution in [-0.2, 0) is 6.54 Å². The molecule has 4 nitrogen and oxygen atoms in total. The Kier molecular flexibility index (Phi) is 6.52. The summed E-state index contributed by atoms with van der Waals surface area (Å²) in [5.41, 5.74) is 1.25. The van der Waals surface area contributed by atoms with Crippen LogP contribution in [0, 0.1) is 5.92 Å². The van der Waals surface area contributed by atoms with Crippen molar-refractivity contribution in [2.75, 3.05) is 26.3 Å². The van der Waals surface area contributed by atoms with Gasteiger partial charge in [-0.25, -0.2) is 0 Å². The van der Waals surface area contributed by atoms with Crippen LogP contribution in [0.2, 0.25) is 0 Å². The Balaban J connectivity index is 1.96. The van der Waals surface area contributed by atoms with Crippen molar-refractivity contribution in [3.8, 4) is 11.5 Å². The lowest BCUT2D eigenvalue weighted by Gasteiger charge is -2.33. The summed E-state index contributed by atoms with van der Waals surface area (Å²) in [6.07, 6.45) is 1.97. The van der Waals surface area contributed by atoms with Gasteiger partial charge in [0.15, 0.2) is 11.5 Å². The highest BCUT2D eigenvalue weighted by molar-refractivity contribution is 5.43. The second-order valence-corrected chi connectivity index (χ2v) is 6.00. The van der Waals surface area contributed by atoms with Crippen LogP contribution < -0.4 is 9.47 Å². The van der Waals surface area contributed by atoms with Crippen LogP contribution in [0.25, 0.3) is 0 Å². The van der Waals surface area contributed by atoms with Gasteiger partial charge in [0.25, 0.3) is 0 Å². The molecule has 0 aliphatic carbocycles. The van der Waals surface area contributed by atoms with E-state index in [1.165, 1.54) is 5.56 Å². The topological polar surface area (TPSA) is 41.9 Å². The van der Waals surface area contributed by atoms with Crippen LogP contribution in [0.5, 0.6) is 11.5 Å². The lowest BCUT2D eigenvalue weighted by Crippen LogP contribution is -2.36. The first-order valence-corrected chi connectivity index (χ1v) is 8.43. The minimum Gasteiger partial charge on any atom is -0.490 e. The molecule has 0 spiro atoms. The predicted molar refractivity (Wildman–Crippen MR) is 88.5 cm³/mol. The Hall–Kier alpha value is -1.26. The maximum Gasteiger partial charge on any atom is 0.161 e. The van der Waals surface area contributed by atoms with Gasteiger partial charge in [-0.15, -0.1) is 0 Å². The van der Waals surface area contributed by atoms with Crippen LogP contribution in [0.1, 0.15) is 39.2 Å². The highest BCUT2D eigenvalue weighted by atomic mass is 16.5. The van der Waals surface area contributed by atoms with Crippen molar-refractivity contribution in [2.45, 2.75) is 46.3 Å². The summed E-state index contributed by atoms with van der Waals surface area (Å²) in [6.45, 7) is 10.2. The monoisotopic (exact) mass is 307 g/mol. The SMILES string of the molecule is CCOc1ccc(CN2CCC(C(C)O)CC2)cc1OCC. The molecule has 0 radical (unpaired) electrons. The molecule has 1 atom stereocenters. The van der Waals surface area contributed by atoms with Gasteiger partial charge >= 0.3 is 0 Å². The number of nitrogens with zero attached hydrogens (tertiary/aromatic N) is 1. The number of benzene rings is 1. The van der Waals surface area contributed by atoms with Crippen molar-refractivity contribution >= 4 is 0 Å². The highest BCUT2D eigenvalue weighted by Gasteiger charge is 2.22. The zero-order valence-electron chi connectivity index (χ0n) is 14.0. The van der Waals surface area contributed by atoms with Gasteiger partial charge in [0.2, 0.25) is 0 Å². The lowest BCUT2D eigenvalue weighted by molar-refractivity contribution is 0.0695. The Labute approximate surface area is 134 Å². The van der Waals surface area contributed by atoms with Crippen molar-refractivity contribution < 1.29 is 14.6 Å². The maximum absolute atomic E-state index is 9.68. The minimum absolute atomic E-state index is 0.183. The molecule has 1 aromatic rings. The van der Waals surface area contributed by atoms with Gasteiger partial charge in [-0.2, -0.15) is 0 Å². The Morgan fingerprint density at radius 1 is 1.14 bits per heavy atom. The molecule has 0 amide bonds.